The van der Waals surface area contributed by atoms with E-state index in [9.17, 15) is 14.9 Å². The summed E-state index contributed by atoms with van der Waals surface area (Å²) in [4.78, 5) is 24.8. The van der Waals surface area contributed by atoms with Gasteiger partial charge in [-0.3, -0.25) is 10.1 Å². The van der Waals surface area contributed by atoms with Gasteiger partial charge in [0.15, 0.2) is 0 Å². The number of nitrogens with zero attached hydrogens (tertiary/aromatic N) is 2. The number of nitrogens with one attached hydrogen (secondary N) is 1. The number of piperidine rings is 1. The van der Waals surface area contributed by atoms with Crippen LogP contribution in [0.2, 0.25) is 0 Å². The smallest absolute Gasteiger partial charge is 0.407 e. The molecule has 1 heterocycles. The number of halogens is 1. The molecule has 0 bridgehead atoms. The topological polar surface area (TPSA) is 84.7 Å². The van der Waals surface area contributed by atoms with Crippen molar-refractivity contribution in [3.05, 3.63) is 32.8 Å². The zero-order valence-corrected chi connectivity index (χ0v) is 17.0. The summed E-state index contributed by atoms with van der Waals surface area (Å²) < 4.78 is 6.06. The van der Waals surface area contributed by atoms with Crippen LogP contribution >= 0.6 is 15.9 Å². The second-order valence-electron chi connectivity index (χ2n) is 7.56. The Balaban J connectivity index is 1.93. The summed E-state index contributed by atoms with van der Waals surface area (Å²) in [6.07, 6.45) is 2.43. The third kappa shape index (κ3) is 6.16. The summed E-state index contributed by atoms with van der Waals surface area (Å²) >= 11 is 3.40. The average molecular weight is 428 g/mol. The van der Waals surface area contributed by atoms with E-state index in [1.54, 1.807) is 12.1 Å². The van der Waals surface area contributed by atoms with Crippen molar-refractivity contribution in [2.24, 2.45) is 5.92 Å². The number of nitro benzene ring substituents is 1. The minimum atomic E-state index is -0.509. The highest BCUT2D eigenvalue weighted by Gasteiger charge is 2.26. The molecule has 0 spiro atoms. The third-order valence-corrected chi connectivity index (χ3v) is 4.71. The lowest BCUT2D eigenvalue weighted by Gasteiger charge is -2.34. The second-order valence-corrected chi connectivity index (χ2v) is 8.48. The van der Waals surface area contributed by atoms with Crippen molar-refractivity contribution in [3.8, 4) is 0 Å². The van der Waals surface area contributed by atoms with Crippen molar-refractivity contribution in [1.29, 1.82) is 0 Å². The first kappa shape index (κ1) is 20.5. The molecule has 0 aromatic heterocycles. The maximum absolute atomic E-state index is 11.7. The fraction of sp³-hybridized carbons (Fsp3) is 0.611. The molecule has 1 fully saturated rings. The van der Waals surface area contributed by atoms with Gasteiger partial charge in [-0.15, -0.1) is 0 Å². The molecule has 1 unspecified atom stereocenters. The third-order valence-electron chi connectivity index (χ3n) is 4.21. The normalized spacial score (nSPS) is 17.7. The van der Waals surface area contributed by atoms with Crippen LogP contribution in [0.3, 0.4) is 0 Å². The molecule has 1 aromatic rings. The first-order valence-corrected chi connectivity index (χ1v) is 9.61. The molecule has 1 amide bonds. The number of nitro groups is 1. The molecular formula is C18H26BrN3O4. The Labute approximate surface area is 162 Å². The monoisotopic (exact) mass is 427 g/mol. The molecule has 144 valence electrons. The first-order valence-electron chi connectivity index (χ1n) is 8.81. The number of carbonyl (C=O) groups is 1. The van der Waals surface area contributed by atoms with Crippen LogP contribution in [-0.2, 0) is 4.74 Å². The minimum Gasteiger partial charge on any atom is -0.444 e. The molecule has 8 heteroatoms. The van der Waals surface area contributed by atoms with Crippen LogP contribution in [0.15, 0.2) is 22.7 Å². The SMILES string of the molecule is CC(C)(C)OC(=O)NCCC1CCCN(c2cc(Br)ccc2[N+](=O)[O-])C1. The van der Waals surface area contributed by atoms with Crippen LogP contribution < -0.4 is 10.2 Å². The van der Waals surface area contributed by atoms with Crippen LogP contribution in [0.1, 0.15) is 40.0 Å². The molecule has 0 aliphatic carbocycles. The number of hydrogen-bond acceptors (Lipinski definition) is 5. The van der Waals surface area contributed by atoms with E-state index >= 15 is 0 Å². The number of benzene rings is 1. The summed E-state index contributed by atoms with van der Waals surface area (Å²) in [5.41, 5.74) is 0.264. The quantitative estimate of drug-likeness (QED) is 0.552. The van der Waals surface area contributed by atoms with Crippen LogP contribution in [0, 0.1) is 16.0 Å². The highest BCUT2D eigenvalue weighted by atomic mass is 79.9. The molecule has 2 rings (SSSR count). The van der Waals surface area contributed by atoms with Gasteiger partial charge in [0.1, 0.15) is 11.3 Å². The predicted octanol–water partition coefficient (Wildman–Crippen LogP) is 4.49. The molecule has 0 saturated carbocycles. The Morgan fingerprint density at radius 2 is 2.19 bits per heavy atom. The van der Waals surface area contributed by atoms with E-state index in [-0.39, 0.29) is 10.6 Å². The van der Waals surface area contributed by atoms with Crippen LogP contribution in [0.5, 0.6) is 0 Å². The number of amides is 1. The van der Waals surface area contributed by atoms with Crippen molar-refractivity contribution in [2.45, 2.75) is 45.6 Å². The van der Waals surface area contributed by atoms with Gasteiger partial charge in [-0.1, -0.05) is 15.9 Å². The Morgan fingerprint density at radius 3 is 2.85 bits per heavy atom. The largest absolute Gasteiger partial charge is 0.444 e. The van der Waals surface area contributed by atoms with E-state index in [0.717, 1.165) is 36.8 Å². The van der Waals surface area contributed by atoms with Crippen molar-refractivity contribution < 1.29 is 14.5 Å². The van der Waals surface area contributed by atoms with Crippen LogP contribution in [0.4, 0.5) is 16.2 Å². The average Bonchev–Trinajstić information content (AvgIpc) is 2.53. The summed E-state index contributed by atoms with van der Waals surface area (Å²) in [5.74, 6) is 0.372. The second kappa shape index (κ2) is 8.70. The molecule has 1 aliphatic heterocycles. The van der Waals surface area contributed by atoms with Gasteiger partial charge in [0.2, 0.25) is 0 Å². The highest BCUT2D eigenvalue weighted by Crippen LogP contribution is 2.34. The van der Waals surface area contributed by atoms with Crippen molar-refractivity contribution in [1.82, 2.24) is 5.32 Å². The Morgan fingerprint density at radius 1 is 1.46 bits per heavy atom. The van der Waals surface area contributed by atoms with Gasteiger partial charge in [0.05, 0.1) is 4.92 Å². The fourth-order valence-electron chi connectivity index (χ4n) is 3.12. The van der Waals surface area contributed by atoms with Gasteiger partial charge in [0.25, 0.3) is 5.69 Å². The molecule has 1 aliphatic rings. The molecule has 1 N–H and O–H groups in total. The van der Waals surface area contributed by atoms with E-state index in [4.69, 9.17) is 4.74 Å². The summed E-state index contributed by atoms with van der Waals surface area (Å²) in [7, 11) is 0. The number of carbonyl (C=O) groups excluding carboxylic acids is 1. The van der Waals surface area contributed by atoms with Gasteiger partial charge in [0, 0.05) is 30.2 Å². The van der Waals surface area contributed by atoms with E-state index < -0.39 is 11.7 Å². The maximum Gasteiger partial charge on any atom is 0.407 e. The van der Waals surface area contributed by atoms with E-state index in [2.05, 4.69) is 26.1 Å². The Bertz CT molecular complexity index is 660. The minimum absolute atomic E-state index is 0.126. The van der Waals surface area contributed by atoms with E-state index in [1.165, 1.54) is 6.07 Å². The van der Waals surface area contributed by atoms with Gasteiger partial charge in [-0.05, 0) is 58.1 Å². The lowest BCUT2D eigenvalue weighted by atomic mass is 9.94. The zero-order chi connectivity index (χ0) is 19.3. The number of ether oxygens (including phenoxy) is 1. The van der Waals surface area contributed by atoms with Crippen LogP contribution in [0.25, 0.3) is 0 Å². The lowest BCUT2D eigenvalue weighted by Crippen LogP contribution is -2.38. The van der Waals surface area contributed by atoms with Gasteiger partial charge in [-0.25, -0.2) is 4.79 Å². The van der Waals surface area contributed by atoms with Gasteiger partial charge in [-0.2, -0.15) is 0 Å². The van der Waals surface area contributed by atoms with Crippen molar-refractivity contribution in [3.63, 3.8) is 0 Å². The summed E-state index contributed by atoms with van der Waals surface area (Å²) in [6.45, 7) is 7.57. The van der Waals surface area contributed by atoms with E-state index in [1.807, 2.05) is 20.8 Å². The summed E-state index contributed by atoms with van der Waals surface area (Å²) in [6, 6.07) is 5.03. The summed E-state index contributed by atoms with van der Waals surface area (Å²) in [5, 5.41) is 14.1. The van der Waals surface area contributed by atoms with Crippen LogP contribution in [-0.4, -0.2) is 36.3 Å². The van der Waals surface area contributed by atoms with Gasteiger partial charge >= 0.3 is 6.09 Å². The Hall–Kier alpha value is -1.83. The van der Waals surface area contributed by atoms with Gasteiger partial charge < -0.3 is 15.0 Å². The molecule has 1 atom stereocenters. The molecule has 26 heavy (non-hydrogen) atoms. The standard InChI is InChI=1S/C18H26BrN3O4/c1-18(2,3)26-17(23)20-9-8-13-5-4-10-21(12-13)16-11-14(19)6-7-15(16)22(24)25/h6-7,11,13H,4-5,8-10,12H2,1-3H3,(H,20,23). The molecule has 0 radical (unpaired) electrons. The Kier molecular flexibility index (Phi) is 6.86. The maximum atomic E-state index is 11.7. The fourth-order valence-corrected chi connectivity index (χ4v) is 3.47. The van der Waals surface area contributed by atoms with Crippen molar-refractivity contribution in [2.75, 3.05) is 24.5 Å². The highest BCUT2D eigenvalue weighted by molar-refractivity contribution is 9.10. The molecule has 7 nitrogen and oxygen atoms in total. The number of anilines is 1. The molecule has 1 saturated heterocycles. The predicted molar refractivity (Wildman–Crippen MR) is 105 cm³/mol. The zero-order valence-electron chi connectivity index (χ0n) is 15.5. The van der Waals surface area contributed by atoms with Crippen molar-refractivity contribution >= 4 is 33.4 Å². The number of hydrogen-bond donors (Lipinski definition) is 1. The van der Waals surface area contributed by atoms with E-state index in [0.29, 0.717) is 18.2 Å². The molecule has 1 aromatic carbocycles. The first-order chi connectivity index (χ1) is 12.2. The lowest BCUT2D eigenvalue weighted by molar-refractivity contribution is -0.384. The number of alkyl carbamates (subject to hydrolysis) is 1. The molecular weight excluding hydrogens is 402 g/mol. The number of rotatable bonds is 5.